The fourth-order valence-corrected chi connectivity index (χ4v) is 2.34. The van der Waals surface area contributed by atoms with Crippen LogP contribution in [-0.4, -0.2) is 22.6 Å². The standard InChI is InChI=1S/C15H15BrN2O3/c1-15(2,13(19)20)18-14(21)17-12-8-7-11(16)9-5-3-4-6-10(9)12/h3-8H,1-2H3,(H,19,20)(H2,17,18,21). The maximum absolute atomic E-state index is 12.0. The molecule has 0 aliphatic heterocycles. The summed E-state index contributed by atoms with van der Waals surface area (Å²) in [7, 11) is 0. The highest BCUT2D eigenvalue weighted by atomic mass is 79.9. The molecule has 6 heteroatoms. The number of benzene rings is 2. The largest absolute Gasteiger partial charge is 0.480 e. The second kappa shape index (κ2) is 5.73. The molecule has 0 saturated carbocycles. The Labute approximate surface area is 130 Å². The molecule has 110 valence electrons. The van der Waals surface area contributed by atoms with E-state index in [1.165, 1.54) is 13.8 Å². The van der Waals surface area contributed by atoms with Gasteiger partial charge in [-0.2, -0.15) is 0 Å². The van der Waals surface area contributed by atoms with E-state index < -0.39 is 17.5 Å². The van der Waals surface area contributed by atoms with Crippen LogP contribution in [0.1, 0.15) is 13.8 Å². The highest BCUT2D eigenvalue weighted by Crippen LogP contribution is 2.29. The van der Waals surface area contributed by atoms with Crippen LogP contribution in [0.4, 0.5) is 10.5 Å². The lowest BCUT2D eigenvalue weighted by Crippen LogP contribution is -2.51. The van der Waals surface area contributed by atoms with Gasteiger partial charge in [0.15, 0.2) is 0 Å². The number of carbonyl (C=O) groups excluding carboxylic acids is 1. The van der Waals surface area contributed by atoms with Gasteiger partial charge in [0.1, 0.15) is 5.54 Å². The number of urea groups is 1. The minimum absolute atomic E-state index is 0.560. The van der Waals surface area contributed by atoms with Crippen molar-refractivity contribution in [2.75, 3.05) is 5.32 Å². The van der Waals surface area contributed by atoms with Gasteiger partial charge >= 0.3 is 12.0 Å². The smallest absolute Gasteiger partial charge is 0.328 e. The van der Waals surface area contributed by atoms with Crippen molar-refractivity contribution in [1.82, 2.24) is 5.32 Å². The fourth-order valence-electron chi connectivity index (χ4n) is 1.86. The number of carbonyl (C=O) groups is 2. The Morgan fingerprint density at radius 2 is 1.71 bits per heavy atom. The Kier molecular flexibility index (Phi) is 4.18. The average Bonchev–Trinajstić information content (AvgIpc) is 2.41. The number of hydrogen-bond acceptors (Lipinski definition) is 2. The highest BCUT2D eigenvalue weighted by Gasteiger charge is 2.29. The Balaban J connectivity index is 2.27. The minimum Gasteiger partial charge on any atom is -0.480 e. The first kappa shape index (κ1) is 15.3. The lowest BCUT2D eigenvalue weighted by molar-refractivity contribution is -0.142. The van der Waals surface area contributed by atoms with Crippen molar-refractivity contribution in [1.29, 1.82) is 0 Å². The fraction of sp³-hybridized carbons (Fsp3) is 0.200. The van der Waals surface area contributed by atoms with Crippen LogP contribution in [0.2, 0.25) is 0 Å². The summed E-state index contributed by atoms with van der Waals surface area (Å²) in [6.45, 7) is 2.85. The van der Waals surface area contributed by atoms with Gasteiger partial charge in [-0.25, -0.2) is 9.59 Å². The first-order chi connectivity index (χ1) is 9.81. The SMILES string of the molecule is CC(C)(NC(=O)Nc1ccc(Br)c2ccccc12)C(=O)O. The van der Waals surface area contributed by atoms with E-state index in [-0.39, 0.29) is 0 Å². The van der Waals surface area contributed by atoms with Crippen molar-refractivity contribution in [3.8, 4) is 0 Å². The molecule has 0 bridgehead atoms. The molecule has 2 rings (SSSR count). The number of carboxylic acid groups (broad SMARTS) is 1. The third kappa shape index (κ3) is 3.33. The summed E-state index contributed by atoms with van der Waals surface area (Å²) in [5.74, 6) is -1.10. The summed E-state index contributed by atoms with van der Waals surface area (Å²) >= 11 is 3.46. The normalized spacial score (nSPS) is 11.2. The van der Waals surface area contributed by atoms with Gasteiger partial charge < -0.3 is 15.7 Å². The van der Waals surface area contributed by atoms with Crippen molar-refractivity contribution in [2.24, 2.45) is 0 Å². The molecule has 0 saturated heterocycles. The first-order valence-electron chi connectivity index (χ1n) is 6.31. The molecule has 21 heavy (non-hydrogen) atoms. The number of nitrogens with one attached hydrogen (secondary N) is 2. The zero-order chi connectivity index (χ0) is 15.6. The molecule has 2 amide bonds. The lowest BCUT2D eigenvalue weighted by atomic mass is 10.1. The molecule has 0 spiro atoms. The van der Waals surface area contributed by atoms with Gasteiger partial charge in [0.2, 0.25) is 0 Å². The summed E-state index contributed by atoms with van der Waals surface area (Å²) in [6, 6.07) is 10.6. The Morgan fingerprint density at radius 3 is 2.33 bits per heavy atom. The van der Waals surface area contributed by atoms with Gasteiger partial charge in [0.05, 0.1) is 5.69 Å². The molecule has 0 radical (unpaired) electrons. The Bertz CT molecular complexity index is 713. The van der Waals surface area contributed by atoms with Crippen LogP contribution >= 0.6 is 15.9 Å². The van der Waals surface area contributed by atoms with E-state index in [0.29, 0.717) is 5.69 Å². The van der Waals surface area contributed by atoms with Gasteiger partial charge in [0, 0.05) is 9.86 Å². The van der Waals surface area contributed by atoms with Gasteiger partial charge in [-0.05, 0) is 31.4 Å². The summed E-state index contributed by atoms with van der Waals surface area (Å²) in [6.07, 6.45) is 0. The van der Waals surface area contributed by atoms with E-state index in [0.717, 1.165) is 15.2 Å². The van der Waals surface area contributed by atoms with E-state index in [1.807, 2.05) is 30.3 Å². The highest BCUT2D eigenvalue weighted by molar-refractivity contribution is 9.10. The Hall–Kier alpha value is -2.08. The molecule has 5 nitrogen and oxygen atoms in total. The molecule has 0 unspecified atom stereocenters. The van der Waals surface area contributed by atoms with E-state index in [2.05, 4.69) is 26.6 Å². The zero-order valence-corrected chi connectivity index (χ0v) is 13.2. The second-order valence-corrected chi connectivity index (χ2v) is 6.00. The Morgan fingerprint density at radius 1 is 1.10 bits per heavy atom. The number of carboxylic acids is 1. The van der Waals surface area contributed by atoms with E-state index >= 15 is 0 Å². The van der Waals surface area contributed by atoms with Crippen LogP contribution in [0.25, 0.3) is 10.8 Å². The average molecular weight is 351 g/mol. The molecule has 0 aliphatic carbocycles. The summed E-state index contributed by atoms with van der Waals surface area (Å²) in [5.41, 5.74) is -0.720. The molecule has 2 aromatic rings. The van der Waals surface area contributed by atoms with Crippen molar-refractivity contribution in [3.05, 3.63) is 40.9 Å². The monoisotopic (exact) mass is 350 g/mol. The van der Waals surface area contributed by atoms with Crippen molar-refractivity contribution in [3.63, 3.8) is 0 Å². The summed E-state index contributed by atoms with van der Waals surface area (Å²) in [4.78, 5) is 23.0. The third-order valence-corrected chi connectivity index (χ3v) is 3.77. The molecule has 2 aromatic carbocycles. The second-order valence-electron chi connectivity index (χ2n) is 5.15. The maximum Gasteiger partial charge on any atom is 0.328 e. The van der Waals surface area contributed by atoms with E-state index in [9.17, 15) is 9.59 Å². The molecule has 0 aliphatic rings. The molecule has 0 fully saturated rings. The van der Waals surface area contributed by atoms with Crippen LogP contribution in [-0.2, 0) is 4.79 Å². The number of hydrogen-bond donors (Lipinski definition) is 3. The van der Waals surface area contributed by atoms with Gasteiger partial charge in [-0.15, -0.1) is 0 Å². The quantitative estimate of drug-likeness (QED) is 0.791. The molecular weight excluding hydrogens is 336 g/mol. The topological polar surface area (TPSA) is 78.4 Å². The summed E-state index contributed by atoms with van der Waals surface area (Å²) < 4.78 is 0.926. The predicted octanol–water partition coefficient (Wildman–Crippen LogP) is 3.59. The third-order valence-electron chi connectivity index (χ3n) is 3.08. The molecule has 0 aromatic heterocycles. The molecule has 0 heterocycles. The number of aliphatic carboxylic acids is 1. The number of halogens is 1. The van der Waals surface area contributed by atoms with Crippen molar-refractivity contribution < 1.29 is 14.7 Å². The lowest BCUT2D eigenvalue weighted by Gasteiger charge is -2.21. The van der Waals surface area contributed by atoms with Gasteiger partial charge in [0.25, 0.3) is 0 Å². The first-order valence-corrected chi connectivity index (χ1v) is 7.10. The zero-order valence-electron chi connectivity index (χ0n) is 11.6. The van der Waals surface area contributed by atoms with Crippen LogP contribution in [0.5, 0.6) is 0 Å². The van der Waals surface area contributed by atoms with Gasteiger partial charge in [-0.3, -0.25) is 0 Å². The van der Waals surface area contributed by atoms with Crippen molar-refractivity contribution in [2.45, 2.75) is 19.4 Å². The molecule has 3 N–H and O–H groups in total. The summed E-state index contributed by atoms with van der Waals surface area (Å²) in [5, 5.41) is 16.0. The van der Waals surface area contributed by atoms with Crippen LogP contribution in [0.15, 0.2) is 40.9 Å². The minimum atomic E-state index is -1.34. The van der Waals surface area contributed by atoms with Crippen LogP contribution < -0.4 is 10.6 Å². The van der Waals surface area contributed by atoms with E-state index in [4.69, 9.17) is 5.11 Å². The predicted molar refractivity (Wildman–Crippen MR) is 85.5 cm³/mol. The van der Waals surface area contributed by atoms with Gasteiger partial charge in [-0.1, -0.05) is 40.2 Å². The van der Waals surface area contributed by atoms with E-state index in [1.54, 1.807) is 6.07 Å². The number of fused-ring (bicyclic) bond motifs is 1. The number of anilines is 1. The molecule has 0 atom stereocenters. The van der Waals surface area contributed by atoms with Crippen molar-refractivity contribution >= 4 is 44.4 Å². The molecular formula is C15H15BrN2O3. The van der Waals surface area contributed by atoms with Crippen LogP contribution in [0.3, 0.4) is 0 Å². The number of rotatable bonds is 3. The number of amides is 2. The maximum atomic E-state index is 12.0. The van der Waals surface area contributed by atoms with Crippen LogP contribution in [0, 0.1) is 0 Å².